The van der Waals surface area contributed by atoms with Crippen LogP contribution < -0.4 is 4.74 Å². The molecule has 2 rings (SSSR count). The van der Waals surface area contributed by atoms with Crippen LogP contribution >= 0.6 is 0 Å². The van der Waals surface area contributed by atoms with Gasteiger partial charge in [-0.1, -0.05) is 97.1 Å². The summed E-state index contributed by atoms with van der Waals surface area (Å²) in [5.41, 5.74) is 2.20. The van der Waals surface area contributed by atoms with Gasteiger partial charge in [-0.2, -0.15) is 0 Å². The van der Waals surface area contributed by atoms with E-state index in [0.29, 0.717) is 30.6 Å². The fourth-order valence-electron chi connectivity index (χ4n) is 3.50. The number of hydrogen-bond acceptors (Lipinski definition) is 5. The molecule has 2 aromatic rings. The Balaban J connectivity index is 1.64. The van der Waals surface area contributed by atoms with Gasteiger partial charge in [0.25, 0.3) is 0 Å². The zero-order valence-electron chi connectivity index (χ0n) is 20.9. The average Bonchev–Trinajstić information content (AvgIpc) is 2.86. The predicted molar refractivity (Wildman–Crippen MR) is 135 cm³/mol. The van der Waals surface area contributed by atoms with Gasteiger partial charge in [0.1, 0.15) is 0 Å². The van der Waals surface area contributed by atoms with Crippen LogP contribution in [0.3, 0.4) is 0 Å². The maximum Gasteiger partial charge on any atom is 0.338 e. The lowest BCUT2D eigenvalue weighted by atomic mass is 10.1. The van der Waals surface area contributed by atoms with Crippen molar-refractivity contribution in [1.82, 2.24) is 9.97 Å². The normalized spacial score (nSPS) is 11.8. The molecule has 5 heteroatoms. The van der Waals surface area contributed by atoms with E-state index < -0.39 is 0 Å². The van der Waals surface area contributed by atoms with Crippen molar-refractivity contribution in [2.75, 3.05) is 13.2 Å². The van der Waals surface area contributed by atoms with E-state index in [0.717, 1.165) is 24.1 Å². The van der Waals surface area contributed by atoms with E-state index in [-0.39, 0.29) is 5.97 Å². The molecule has 1 atom stereocenters. The lowest BCUT2D eigenvalue weighted by molar-refractivity contribution is 0.0447. The van der Waals surface area contributed by atoms with E-state index in [1.54, 1.807) is 24.5 Å². The molecule has 0 aliphatic rings. The molecule has 0 bridgehead atoms. The largest absolute Gasteiger partial charge is 0.477 e. The highest BCUT2D eigenvalue weighted by Crippen LogP contribution is 2.19. The van der Waals surface area contributed by atoms with Crippen LogP contribution in [0.2, 0.25) is 0 Å². The van der Waals surface area contributed by atoms with E-state index >= 15 is 0 Å². The number of ether oxygens (including phenoxy) is 2. The fraction of sp³-hybridized carbons (Fsp3) is 0.607. The Labute approximate surface area is 200 Å². The smallest absolute Gasteiger partial charge is 0.338 e. The number of aromatic nitrogens is 2. The van der Waals surface area contributed by atoms with Gasteiger partial charge < -0.3 is 9.47 Å². The van der Waals surface area contributed by atoms with Crippen LogP contribution in [0.4, 0.5) is 0 Å². The third-order valence-corrected chi connectivity index (χ3v) is 5.99. The summed E-state index contributed by atoms with van der Waals surface area (Å²) in [5.74, 6) is 0.637. The summed E-state index contributed by atoms with van der Waals surface area (Å²) in [7, 11) is 0. The van der Waals surface area contributed by atoms with Crippen LogP contribution in [0, 0.1) is 5.92 Å². The molecular formula is C28H42N2O3. The minimum Gasteiger partial charge on any atom is -0.477 e. The van der Waals surface area contributed by atoms with E-state index in [1.165, 1.54) is 57.8 Å². The van der Waals surface area contributed by atoms with Gasteiger partial charge in [0.2, 0.25) is 5.88 Å². The van der Waals surface area contributed by atoms with Gasteiger partial charge in [-0.05, 0) is 24.5 Å². The van der Waals surface area contributed by atoms with Crippen LogP contribution in [-0.2, 0) is 4.74 Å². The van der Waals surface area contributed by atoms with Gasteiger partial charge >= 0.3 is 5.97 Å². The Kier molecular flexibility index (Phi) is 13.2. The van der Waals surface area contributed by atoms with E-state index in [4.69, 9.17) is 9.47 Å². The summed E-state index contributed by atoms with van der Waals surface area (Å²) in [5, 5.41) is 0. The molecule has 0 N–H and O–H groups in total. The Morgan fingerprint density at radius 2 is 1.48 bits per heavy atom. The van der Waals surface area contributed by atoms with Crippen molar-refractivity contribution >= 4 is 5.97 Å². The first-order valence-corrected chi connectivity index (χ1v) is 12.9. The van der Waals surface area contributed by atoms with Crippen molar-refractivity contribution in [2.45, 2.75) is 91.4 Å². The van der Waals surface area contributed by atoms with Crippen molar-refractivity contribution in [1.29, 1.82) is 0 Å². The second-order valence-electron chi connectivity index (χ2n) is 8.96. The van der Waals surface area contributed by atoms with E-state index in [2.05, 4.69) is 30.7 Å². The number of esters is 1. The van der Waals surface area contributed by atoms with E-state index in [9.17, 15) is 4.79 Å². The van der Waals surface area contributed by atoms with Crippen LogP contribution in [0.15, 0.2) is 36.7 Å². The first-order valence-electron chi connectivity index (χ1n) is 12.9. The minimum absolute atomic E-state index is 0.288. The topological polar surface area (TPSA) is 61.3 Å². The number of carbonyl (C=O) groups excluding carboxylic acids is 1. The molecule has 0 aliphatic heterocycles. The van der Waals surface area contributed by atoms with Gasteiger partial charge in [-0.15, -0.1) is 0 Å². The zero-order chi connectivity index (χ0) is 23.7. The number of nitrogens with zero attached hydrogens (tertiary/aromatic N) is 2. The van der Waals surface area contributed by atoms with E-state index in [1.807, 2.05) is 12.1 Å². The van der Waals surface area contributed by atoms with Gasteiger partial charge in [0, 0.05) is 5.56 Å². The molecular weight excluding hydrogens is 412 g/mol. The average molecular weight is 455 g/mol. The van der Waals surface area contributed by atoms with Crippen LogP contribution in [0.25, 0.3) is 11.3 Å². The van der Waals surface area contributed by atoms with Crippen LogP contribution in [-0.4, -0.2) is 29.2 Å². The Hall–Kier alpha value is -2.43. The monoisotopic (exact) mass is 454 g/mol. The molecule has 33 heavy (non-hydrogen) atoms. The third kappa shape index (κ3) is 10.8. The first-order chi connectivity index (χ1) is 16.1. The molecule has 0 saturated carbocycles. The fourth-order valence-corrected chi connectivity index (χ4v) is 3.50. The number of benzene rings is 1. The molecule has 182 valence electrons. The number of carbonyl (C=O) groups is 1. The molecule has 0 spiro atoms. The quantitative estimate of drug-likeness (QED) is 0.181. The molecule has 0 saturated heterocycles. The summed E-state index contributed by atoms with van der Waals surface area (Å²) in [4.78, 5) is 21.0. The molecule has 1 unspecified atom stereocenters. The standard InChI is InChI=1S/C28H42N2O3/c1-4-6-7-8-9-10-11-12-13-14-19-32-27-21-29-26(20-30-27)24-15-17-25(18-16-24)28(31)33-22-23(3)5-2/h15-18,20-21,23H,4-14,19,22H2,1-3H3. The second-order valence-corrected chi connectivity index (χ2v) is 8.96. The van der Waals surface area contributed by atoms with Crippen LogP contribution in [0.5, 0.6) is 5.88 Å². The Morgan fingerprint density at radius 3 is 2.06 bits per heavy atom. The minimum atomic E-state index is -0.288. The lowest BCUT2D eigenvalue weighted by Crippen LogP contribution is -2.11. The second kappa shape index (κ2) is 16.2. The molecule has 1 heterocycles. The molecule has 5 nitrogen and oxygen atoms in total. The number of rotatable bonds is 17. The molecule has 0 aliphatic carbocycles. The Morgan fingerprint density at radius 1 is 0.848 bits per heavy atom. The summed E-state index contributed by atoms with van der Waals surface area (Å²) < 4.78 is 11.1. The molecule has 1 aromatic heterocycles. The maximum atomic E-state index is 12.1. The lowest BCUT2D eigenvalue weighted by Gasteiger charge is -2.10. The van der Waals surface area contributed by atoms with Crippen molar-refractivity contribution in [2.24, 2.45) is 5.92 Å². The molecule has 0 amide bonds. The highest BCUT2D eigenvalue weighted by atomic mass is 16.5. The SMILES string of the molecule is CCCCCCCCCCCCOc1cnc(-c2ccc(C(=O)OCC(C)CC)cc2)cn1. The van der Waals surface area contributed by atoms with Gasteiger partial charge in [0.05, 0.1) is 36.9 Å². The number of hydrogen-bond donors (Lipinski definition) is 0. The third-order valence-electron chi connectivity index (χ3n) is 5.99. The summed E-state index contributed by atoms with van der Waals surface area (Å²) in [6.07, 6.45) is 17.4. The summed E-state index contributed by atoms with van der Waals surface area (Å²) >= 11 is 0. The van der Waals surface area contributed by atoms with Gasteiger partial charge in [-0.25, -0.2) is 14.8 Å². The van der Waals surface area contributed by atoms with Crippen molar-refractivity contribution in [3.63, 3.8) is 0 Å². The first kappa shape index (κ1) is 26.8. The maximum absolute atomic E-state index is 12.1. The van der Waals surface area contributed by atoms with Gasteiger partial charge in [0.15, 0.2) is 0 Å². The van der Waals surface area contributed by atoms with Crippen molar-refractivity contribution < 1.29 is 14.3 Å². The Bertz CT molecular complexity index is 775. The number of unbranched alkanes of at least 4 members (excludes halogenated alkanes) is 9. The summed E-state index contributed by atoms with van der Waals surface area (Å²) in [6, 6.07) is 7.28. The molecule has 0 fully saturated rings. The van der Waals surface area contributed by atoms with Gasteiger partial charge in [-0.3, -0.25) is 0 Å². The summed E-state index contributed by atoms with van der Waals surface area (Å²) in [6.45, 7) is 7.54. The zero-order valence-corrected chi connectivity index (χ0v) is 20.9. The van der Waals surface area contributed by atoms with Crippen molar-refractivity contribution in [3.05, 3.63) is 42.2 Å². The predicted octanol–water partition coefficient (Wildman–Crippen LogP) is 7.65. The highest BCUT2D eigenvalue weighted by Gasteiger charge is 2.10. The molecule has 0 radical (unpaired) electrons. The highest BCUT2D eigenvalue weighted by molar-refractivity contribution is 5.90. The van der Waals surface area contributed by atoms with Crippen molar-refractivity contribution in [3.8, 4) is 17.1 Å². The van der Waals surface area contributed by atoms with Crippen LogP contribution in [0.1, 0.15) is 102 Å². The molecule has 1 aromatic carbocycles.